The van der Waals surface area contributed by atoms with Gasteiger partial charge in [0.2, 0.25) is 0 Å². The molecule has 1 heterocycles. The molecule has 7 nitrogen and oxygen atoms in total. The zero-order valence-corrected chi connectivity index (χ0v) is 11.7. The fourth-order valence-electron chi connectivity index (χ4n) is 1.48. The molecule has 0 aliphatic carbocycles. The van der Waals surface area contributed by atoms with Gasteiger partial charge in [-0.3, -0.25) is 4.79 Å². The number of hydrogen-bond donors (Lipinski definition) is 3. The Labute approximate surface area is 122 Å². The second-order valence-electron chi connectivity index (χ2n) is 4.56. The van der Waals surface area contributed by atoms with E-state index in [4.69, 9.17) is 10.4 Å². The number of rotatable bonds is 6. The largest absolute Gasteiger partial charge is 0.480 e. The highest BCUT2D eigenvalue weighted by molar-refractivity contribution is 5.99. The van der Waals surface area contributed by atoms with Crippen molar-refractivity contribution in [3.63, 3.8) is 0 Å². The summed E-state index contributed by atoms with van der Waals surface area (Å²) in [6, 6.07) is 5.81. The Morgan fingerprint density at radius 2 is 2.14 bits per heavy atom. The molecule has 0 radical (unpaired) electrons. The third-order valence-corrected chi connectivity index (χ3v) is 2.61. The van der Waals surface area contributed by atoms with Crippen LogP contribution in [0.15, 0.2) is 36.2 Å². The highest BCUT2D eigenvalue weighted by Gasteiger charge is 2.24. The maximum Gasteiger partial charge on any atom is 0.326 e. The number of amides is 1. The first kappa shape index (κ1) is 16.2. The summed E-state index contributed by atoms with van der Waals surface area (Å²) in [6.45, 7) is 3.34. The predicted molar refractivity (Wildman–Crippen MR) is 76.0 cm³/mol. The molecule has 7 heteroatoms. The lowest BCUT2D eigenvalue weighted by Crippen LogP contribution is -2.44. The van der Waals surface area contributed by atoms with Crippen molar-refractivity contribution in [1.29, 1.82) is 5.26 Å². The molecule has 0 aromatic carbocycles. The summed E-state index contributed by atoms with van der Waals surface area (Å²) in [5, 5.41) is 23.0. The Kier molecular flexibility index (Phi) is 5.89. The average Bonchev–Trinajstić information content (AvgIpc) is 2.45. The quantitative estimate of drug-likeness (QED) is 0.534. The molecule has 0 aliphatic rings. The molecule has 1 aromatic rings. The minimum atomic E-state index is -1.15. The molecule has 0 saturated heterocycles. The van der Waals surface area contributed by atoms with Gasteiger partial charge in [0.25, 0.3) is 5.91 Å². The molecule has 21 heavy (non-hydrogen) atoms. The minimum Gasteiger partial charge on any atom is -0.480 e. The first-order valence-electron chi connectivity index (χ1n) is 6.27. The number of nitrogens with one attached hydrogen (secondary N) is 2. The SMILES string of the molecule is CC(C)C(NC(=O)/C(C#N)=C\Nc1ccccn1)C(=O)O. The van der Waals surface area contributed by atoms with E-state index in [0.717, 1.165) is 0 Å². The Balaban J connectivity index is 2.78. The van der Waals surface area contributed by atoms with Crippen molar-refractivity contribution in [3.05, 3.63) is 36.2 Å². The van der Waals surface area contributed by atoms with Crippen molar-refractivity contribution in [2.75, 3.05) is 5.32 Å². The third-order valence-electron chi connectivity index (χ3n) is 2.61. The van der Waals surface area contributed by atoms with E-state index in [1.165, 1.54) is 6.20 Å². The van der Waals surface area contributed by atoms with Crippen LogP contribution in [0.4, 0.5) is 5.82 Å². The smallest absolute Gasteiger partial charge is 0.326 e. The Hall–Kier alpha value is -2.88. The van der Waals surface area contributed by atoms with Crippen LogP contribution in [0.5, 0.6) is 0 Å². The van der Waals surface area contributed by atoms with Gasteiger partial charge in [-0.15, -0.1) is 0 Å². The molecule has 1 atom stereocenters. The zero-order chi connectivity index (χ0) is 15.8. The summed E-state index contributed by atoms with van der Waals surface area (Å²) < 4.78 is 0. The van der Waals surface area contributed by atoms with Crippen molar-refractivity contribution in [3.8, 4) is 6.07 Å². The number of nitriles is 1. The Bertz CT molecular complexity index is 576. The summed E-state index contributed by atoms with van der Waals surface area (Å²) in [6.07, 6.45) is 2.75. The Morgan fingerprint density at radius 1 is 1.43 bits per heavy atom. The fraction of sp³-hybridized carbons (Fsp3) is 0.286. The van der Waals surface area contributed by atoms with Crippen molar-refractivity contribution < 1.29 is 14.7 Å². The molecular formula is C14H16N4O3. The lowest BCUT2D eigenvalue weighted by molar-refractivity contribution is -0.142. The van der Waals surface area contributed by atoms with E-state index in [0.29, 0.717) is 5.82 Å². The van der Waals surface area contributed by atoms with Gasteiger partial charge < -0.3 is 15.7 Å². The molecule has 0 aliphatic heterocycles. The highest BCUT2D eigenvalue weighted by atomic mass is 16.4. The normalized spacial score (nSPS) is 12.4. The van der Waals surface area contributed by atoms with Gasteiger partial charge in [-0.1, -0.05) is 19.9 Å². The number of aromatic nitrogens is 1. The molecule has 0 saturated carbocycles. The number of hydrogen-bond acceptors (Lipinski definition) is 5. The minimum absolute atomic E-state index is 0.229. The molecule has 1 amide bonds. The fourth-order valence-corrected chi connectivity index (χ4v) is 1.48. The molecule has 1 aromatic heterocycles. The van der Waals surface area contributed by atoms with Crippen LogP contribution < -0.4 is 10.6 Å². The van der Waals surface area contributed by atoms with E-state index in [9.17, 15) is 9.59 Å². The molecule has 1 rings (SSSR count). The molecule has 0 fully saturated rings. The van der Waals surface area contributed by atoms with E-state index in [-0.39, 0.29) is 11.5 Å². The van der Waals surface area contributed by atoms with Gasteiger partial charge in [-0.2, -0.15) is 5.26 Å². The Morgan fingerprint density at radius 3 is 2.62 bits per heavy atom. The van der Waals surface area contributed by atoms with Crippen molar-refractivity contribution in [2.45, 2.75) is 19.9 Å². The van der Waals surface area contributed by atoms with Gasteiger partial charge in [-0.25, -0.2) is 9.78 Å². The van der Waals surface area contributed by atoms with Crippen LogP contribution in [0.3, 0.4) is 0 Å². The monoisotopic (exact) mass is 288 g/mol. The number of aliphatic carboxylic acids is 1. The molecule has 110 valence electrons. The van der Waals surface area contributed by atoms with Gasteiger partial charge in [0.05, 0.1) is 0 Å². The van der Waals surface area contributed by atoms with Gasteiger partial charge in [-0.05, 0) is 18.1 Å². The number of carboxylic acid groups (broad SMARTS) is 1. The van der Waals surface area contributed by atoms with Crippen LogP contribution in [-0.4, -0.2) is 28.0 Å². The van der Waals surface area contributed by atoms with Gasteiger partial charge in [0.15, 0.2) is 0 Å². The maximum atomic E-state index is 11.9. The van der Waals surface area contributed by atoms with Crippen molar-refractivity contribution >= 4 is 17.7 Å². The number of carboxylic acids is 1. The highest BCUT2D eigenvalue weighted by Crippen LogP contribution is 2.05. The standard InChI is InChI=1S/C14H16N4O3/c1-9(2)12(14(20)21)18-13(19)10(7-15)8-17-11-5-3-4-6-16-11/h3-6,8-9,12H,1-2H3,(H,16,17)(H,18,19)(H,20,21)/b10-8-. The van der Waals surface area contributed by atoms with E-state index in [1.54, 1.807) is 44.3 Å². The lowest BCUT2D eigenvalue weighted by atomic mass is 10.0. The second-order valence-corrected chi connectivity index (χ2v) is 4.56. The van der Waals surface area contributed by atoms with E-state index >= 15 is 0 Å². The number of anilines is 1. The second kappa shape index (κ2) is 7.65. The van der Waals surface area contributed by atoms with Crippen LogP contribution in [0, 0.1) is 17.2 Å². The summed E-state index contributed by atoms with van der Waals surface area (Å²) in [5.74, 6) is -1.72. The molecule has 0 bridgehead atoms. The van der Waals surface area contributed by atoms with E-state index in [2.05, 4.69) is 15.6 Å². The van der Waals surface area contributed by atoms with Crippen LogP contribution in [-0.2, 0) is 9.59 Å². The first-order valence-corrected chi connectivity index (χ1v) is 6.27. The summed E-state index contributed by atoms with van der Waals surface area (Å²) >= 11 is 0. The van der Waals surface area contributed by atoms with Gasteiger partial charge in [0.1, 0.15) is 23.5 Å². The van der Waals surface area contributed by atoms with Crippen LogP contribution >= 0.6 is 0 Å². The molecule has 1 unspecified atom stereocenters. The maximum absolute atomic E-state index is 11.9. The summed E-state index contributed by atoms with van der Waals surface area (Å²) in [7, 11) is 0. The number of pyridine rings is 1. The lowest BCUT2D eigenvalue weighted by Gasteiger charge is -2.17. The van der Waals surface area contributed by atoms with Crippen molar-refractivity contribution in [2.24, 2.45) is 5.92 Å². The van der Waals surface area contributed by atoms with E-state index in [1.807, 2.05) is 0 Å². The summed E-state index contributed by atoms with van der Waals surface area (Å²) in [4.78, 5) is 26.9. The van der Waals surface area contributed by atoms with Crippen LogP contribution in [0.1, 0.15) is 13.8 Å². The third kappa shape index (κ3) is 4.95. The molecule has 3 N–H and O–H groups in total. The van der Waals surface area contributed by atoms with Crippen LogP contribution in [0.25, 0.3) is 0 Å². The molecule has 0 spiro atoms. The van der Waals surface area contributed by atoms with Gasteiger partial charge in [0, 0.05) is 12.4 Å². The number of carbonyl (C=O) groups is 2. The zero-order valence-electron chi connectivity index (χ0n) is 11.7. The number of carbonyl (C=O) groups excluding carboxylic acids is 1. The molecular weight excluding hydrogens is 272 g/mol. The summed E-state index contributed by atoms with van der Waals surface area (Å²) in [5.41, 5.74) is -0.229. The topological polar surface area (TPSA) is 115 Å². The average molecular weight is 288 g/mol. The first-order chi connectivity index (χ1) is 9.95. The van der Waals surface area contributed by atoms with Crippen LogP contribution in [0.2, 0.25) is 0 Å². The van der Waals surface area contributed by atoms with Gasteiger partial charge >= 0.3 is 5.97 Å². The predicted octanol–water partition coefficient (Wildman–Crippen LogP) is 1.13. The van der Waals surface area contributed by atoms with E-state index < -0.39 is 17.9 Å². The number of nitrogens with zero attached hydrogens (tertiary/aromatic N) is 2. The van der Waals surface area contributed by atoms with Crippen molar-refractivity contribution in [1.82, 2.24) is 10.3 Å².